The monoisotopic (exact) mass is 284 g/mol. The van der Waals surface area contributed by atoms with Crippen LogP contribution in [0.5, 0.6) is 0 Å². The highest BCUT2D eigenvalue weighted by Gasteiger charge is 2.15. The lowest BCUT2D eigenvalue weighted by atomic mass is 10.1. The van der Waals surface area contributed by atoms with Crippen molar-refractivity contribution >= 4 is 0 Å². The van der Waals surface area contributed by atoms with Gasteiger partial charge in [0.2, 0.25) is 0 Å². The summed E-state index contributed by atoms with van der Waals surface area (Å²) in [6.45, 7) is 17.6. The maximum absolute atomic E-state index is 3.58. The Hall–Kier alpha value is -0.0800. The molecule has 2 nitrogen and oxygen atoms in total. The SMILES string of the molecule is CCCNC(C)CCCCN(CC(C)C)C(CC)CC. The van der Waals surface area contributed by atoms with E-state index in [2.05, 4.69) is 51.8 Å². The van der Waals surface area contributed by atoms with E-state index >= 15 is 0 Å². The molecule has 0 rings (SSSR count). The van der Waals surface area contributed by atoms with Crippen LogP contribution in [0.3, 0.4) is 0 Å². The van der Waals surface area contributed by atoms with Crippen LogP contribution in [0.25, 0.3) is 0 Å². The molecule has 1 N–H and O–H groups in total. The van der Waals surface area contributed by atoms with Gasteiger partial charge in [0.1, 0.15) is 0 Å². The third-order valence-corrected chi connectivity index (χ3v) is 4.13. The fourth-order valence-electron chi connectivity index (χ4n) is 2.96. The first-order valence-electron chi connectivity index (χ1n) is 9.02. The minimum absolute atomic E-state index is 0.682. The molecule has 1 unspecified atom stereocenters. The zero-order valence-corrected chi connectivity index (χ0v) is 15.0. The van der Waals surface area contributed by atoms with Gasteiger partial charge in [0.05, 0.1) is 0 Å². The summed E-state index contributed by atoms with van der Waals surface area (Å²) in [5.41, 5.74) is 0. The van der Waals surface area contributed by atoms with Crippen LogP contribution in [0.4, 0.5) is 0 Å². The molecule has 0 aliphatic heterocycles. The first-order chi connectivity index (χ1) is 9.54. The van der Waals surface area contributed by atoms with Crippen molar-refractivity contribution in [2.75, 3.05) is 19.6 Å². The Morgan fingerprint density at radius 1 is 0.950 bits per heavy atom. The molecule has 0 spiro atoms. The van der Waals surface area contributed by atoms with Gasteiger partial charge in [-0.15, -0.1) is 0 Å². The number of rotatable bonds is 13. The van der Waals surface area contributed by atoms with E-state index in [0.29, 0.717) is 6.04 Å². The van der Waals surface area contributed by atoms with Crippen LogP contribution >= 0.6 is 0 Å². The quantitative estimate of drug-likeness (QED) is 0.494. The number of hydrogen-bond donors (Lipinski definition) is 1. The van der Waals surface area contributed by atoms with E-state index < -0.39 is 0 Å². The van der Waals surface area contributed by atoms with E-state index in [0.717, 1.165) is 18.5 Å². The molecular weight excluding hydrogens is 244 g/mol. The maximum atomic E-state index is 3.58. The Bertz CT molecular complexity index is 200. The summed E-state index contributed by atoms with van der Waals surface area (Å²) in [4.78, 5) is 2.73. The Kier molecular flexibility index (Phi) is 12.6. The predicted molar refractivity (Wildman–Crippen MR) is 92.4 cm³/mol. The fraction of sp³-hybridized carbons (Fsp3) is 1.00. The zero-order valence-electron chi connectivity index (χ0n) is 15.0. The average molecular weight is 285 g/mol. The van der Waals surface area contributed by atoms with Gasteiger partial charge in [-0.05, 0) is 58.0 Å². The summed E-state index contributed by atoms with van der Waals surface area (Å²) >= 11 is 0. The van der Waals surface area contributed by atoms with Gasteiger partial charge in [-0.1, -0.05) is 41.0 Å². The van der Waals surface area contributed by atoms with E-state index in [1.807, 2.05) is 0 Å². The first kappa shape index (κ1) is 19.9. The Labute approximate surface area is 128 Å². The summed E-state index contributed by atoms with van der Waals surface area (Å²) in [5.74, 6) is 0.778. The van der Waals surface area contributed by atoms with Crippen LogP contribution in [-0.2, 0) is 0 Å². The van der Waals surface area contributed by atoms with E-state index in [1.165, 1.54) is 51.6 Å². The van der Waals surface area contributed by atoms with Gasteiger partial charge in [0.15, 0.2) is 0 Å². The van der Waals surface area contributed by atoms with Gasteiger partial charge in [-0.3, -0.25) is 0 Å². The molecule has 20 heavy (non-hydrogen) atoms. The molecule has 0 saturated carbocycles. The van der Waals surface area contributed by atoms with Gasteiger partial charge < -0.3 is 10.2 Å². The van der Waals surface area contributed by atoms with E-state index in [4.69, 9.17) is 0 Å². The molecule has 0 aromatic heterocycles. The maximum Gasteiger partial charge on any atom is 0.00901 e. The molecule has 0 saturated heterocycles. The number of nitrogens with zero attached hydrogens (tertiary/aromatic N) is 1. The molecule has 0 amide bonds. The molecule has 0 aromatic rings. The first-order valence-corrected chi connectivity index (χ1v) is 9.02. The Balaban J connectivity index is 3.95. The van der Waals surface area contributed by atoms with Gasteiger partial charge >= 0.3 is 0 Å². The van der Waals surface area contributed by atoms with E-state index in [-0.39, 0.29) is 0 Å². The molecule has 2 heteroatoms. The second-order valence-corrected chi connectivity index (χ2v) is 6.71. The molecule has 0 aliphatic carbocycles. The standard InChI is InChI=1S/C18H40N2/c1-7-13-19-17(6)12-10-11-14-20(15-16(4)5)18(8-2)9-3/h16-19H,7-15H2,1-6H3. The lowest BCUT2D eigenvalue weighted by Crippen LogP contribution is -2.38. The summed E-state index contributed by atoms with van der Waals surface area (Å²) in [5, 5.41) is 3.58. The molecule has 0 aromatic carbocycles. The van der Waals surface area contributed by atoms with Crippen molar-refractivity contribution in [2.45, 2.75) is 92.2 Å². The zero-order chi connectivity index (χ0) is 15.4. The normalized spacial score (nSPS) is 13.7. The van der Waals surface area contributed by atoms with Gasteiger partial charge in [-0.2, -0.15) is 0 Å². The molecular formula is C18H40N2. The minimum atomic E-state index is 0.682. The Morgan fingerprint density at radius 2 is 1.60 bits per heavy atom. The van der Waals surface area contributed by atoms with Crippen molar-refractivity contribution in [1.82, 2.24) is 10.2 Å². The van der Waals surface area contributed by atoms with E-state index in [1.54, 1.807) is 0 Å². The highest BCUT2D eigenvalue weighted by molar-refractivity contribution is 4.71. The van der Waals surface area contributed by atoms with Crippen molar-refractivity contribution in [2.24, 2.45) is 5.92 Å². The molecule has 122 valence electrons. The third-order valence-electron chi connectivity index (χ3n) is 4.13. The third kappa shape index (κ3) is 9.77. The number of unbranched alkanes of at least 4 members (excludes halogenated alkanes) is 1. The van der Waals surface area contributed by atoms with Crippen LogP contribution in [-0.4, -0.2) is 36.6 Å². The smallest absolute Gasteiger partial charge is 0.00901 e. The number of hydrogen-bond acceptors (Lipinski definition) is 2. The molecule has 0 bridgehead atoms. The summed E-state index contributed by atoms with van der Waals surface area (Å²) in [7, 11) is 0. The van der Waals surface area contributed by atoms with Gasteiger partial charge in [0.25, 0.3) is 0 Å². The van der Waals surface area contributed by atoms with Gasteiger partial charge in [0, 0.05) is 18.6 Å². The Morgan fingerprint density at radius 3 is 2.10 bits per heavy atom. The second-order valence-electron chi connectivity index (χ2n) is 6.71. The average Bonchev–Trinajstić information content (AvgIpc) is 2.41. The van der Waals surface area contributed by atoms with Crippen LogP contribution in [0, 0.1) is 5.92 Å². The van der Waals surface area contributed by atoms with Crippen molar-refractivity contribution in [3.63, 3.8) is 0 Å². The minimum Gasteiger partial charge on any atom is -0.314 e. The van der Waals surface area contributed by atoms with Crippen LogP contribution in [0.15, 0.2) is 0 Å². The fourth-order valence-corrected chi connectivity index (χ4v) is 2.96. The van der Waals surface area contributed by atoms with Crippen LogP contribution < -0.4 is 5.32 Å². The summed E-state index contributed by atoms with van der Waals surface area (Å²) in [6, 6.07) is 1.47. The molecule has 1 atom stereocenters. The molecule has 0 fully saturated rings. The van der Waals surface area contributed by atoms with Crippen LogP contribution in [0.1, 0.15) is 80.1 Å². The van der Waals surface area contributed by atoms with Crippen molar-refractivity contribution in [3.8, 4) is 0 Å². The molecule has 0 heterocycles. The van der Waals surface area contributed by atoms with Crippen molar-refractivity contribution < 1.29 is 0 Å². The molecule has 0 radical (unpaired) electrons. The predicted octanol–water partition coefficient (Wildman–Crippen LogP) is 4.69. The van der Waals surface area contributed by atoms with Crippen LogP contribution in [0.2, 0.25) is 0 Å². The lowest BCUT2D eigenvalue weighted by molar-refractivity contribution is 0.162. The van der Waals surface area contributed by atoms with Crippen molar-refractivity contribution in [1.29, 1.82) is 0 Å². The van der Waals surface area contributed by atoms with Crippen molar-refractivity contribution in [3.05, 3.63) is 0 Å². The van der Waals surface area contributed by atoms with Gasteiger partial charge in [-0.25, -0.2) is 0 Å². The summed E-state index contributed by atoms with van der Waals surface area (Å²) in [6.07, 6.45) is 7.84. The largest absolute Gasteiger partial charge is 0.314 e. The lowest BCUT2D eigenvalue weighted by Gasteiger charge is -2.32. The second kappa shape index (κ2) is 12.6. The highest BCUT2D eigenvalue weighted by atomic mass is 15.1. The van der Waals surface area contributed by atoms with E-state index in [9.17, 15) is 0 Å². The summed E-state index contributed by atoms with van der Waals surface area (Å²) < 4.78 is 0. The molecule has 0 aliphatic rings. The topological polar surface area (TPSA) is 15.3 Å². The highest BCUT2D eigenvalue weighted by Crippen LogP contribution is 2.13. The number of nitrogens with one attached hydrogen (secondary N) is 1.